The minimum absolute atomic E-state index is 0.000886. The molecule has 4 unspecified atom stereocenters. The minimum atomic E-state index is -2.00. The van der Waals surface area contributed by atoms with Gasteiger partial charge in [-0.15, -0.1) is 0 Å². The van der Waals surface area contributed by atoms with E-state index in [0.717, 1.165) is 18.4 Å². The van der Waals surface area contributed by atoms with Gasteiger partial charge in [-0.2, -0.15) is 0 Å². The van der Waals surface area contributed by atoms with Crippen molar-refractivity contribution >= 4 is 22.5 Å². The largest absolute Gasteiger partial charge is 0.413 e. The maximum Gasteiger partial charge on any atom is 0.269 e. The van der Waals surface area contributed by atoms with Gasteiger partial charge in [0.15, 0.2) is 16.6 Å². The van der Waals surface area contributed by atoms with Crippen LogP contribution in [0.15, 0.2) is 47.6 Å². The van der Waals surface area contributed by atoms with Gasteiger partial charge in [0.05, 0.1) is 19.3 Å². The van der Waals surface area contributed by atoms with E-state index < -0.39 is 16.6 Å². The molecule has 1 amide bonds. The van der Waals surface area contributed by atoms with Gasteiger partial charge in [0.1, 0.15) is 0 Å². The van der Waals surface area contributed by atoms with Gasteiger partial charge < -0.3 is 8.85 Å². The maximum atomic E-state index is 12.3. The van der Waals surface area contributed by atoms with E-state index in [4.69, 9.17) is 13.7 Å². The van der Waals surface area contributed by atoms with E-state index in [-0.39, 0.29) is 33.6 Å². The number of nitrogens with zero attached hydrogens (tertiary/aromatic N) is 1. The van der Waals surface area contributed by atoms with Crippen molar-refractivity contribution in [3.05, 3.63) is 47.6 Å². The van der Waals surface area contributed by atoms with Crippen LogP contribution >= 0.6 is 0 Å². The van der Waals surface area contributed by atoms with Crippen molar-refractivity contribution in [1.29, 1.82) is 0 Å². The molecular formula is C38H67NO4Si2. The third kappa shape index (κ3) is 8.62. The molecule has 0 spiro atoms. The van der Waals surface area contributed by atoms with Crippen LogP contribution in [-0.4, -0.2) is 54.0 Å². The van der Waals surface area contributed by atoms with Crippen LogP contribution in [-0.2, 0) is 18.5 Å². The van der Waals surface area contributed by atoms with E-state index in [2.05, 4.69) is 106 Å². The Morgan fingerprint density at radius 2 is 1.62 bits per heavy atom. The zero-order valence-corrected chi connectivity index (χ0v) is 33.4. The third-order valence-electron chi connectivity index (χ3n) is 12.5. The summed E-state index contributed by atoms with van der Waals surface area (Å²) >= 11 is 0. The predicted octanol–water partition coefficient (Wildman–Crippen LogP) is 10.4. The monoisotopic (exact) mass is 657 g/mol. The summed E-state index contributed by atoms with van der Waals surface area (Å²) in [5, 5.41) is 1.57. The number of hydrogen-bond acceptors (Lipinski definition) is 4. The molecule has 0 bridgehead atoms. The lowest BCUT2D eigenvalue weighted by Crippen LogP contribution is -2.49. The van der Waals surface area contributed by atoms with Crippen molar-refractivity contribution in [3.8, 4) is 0 Å². The highest BCUT2D eigenvalue weighted by molar-refractivity contribution is 6.74. The molecule has 0 aliphatic heterocycles. The zero-order valence-electron chi connectivity index (χ0n) is 31.4. The fourth-order valence-corrected chi connectivity index (χ4v) is 10.1. The first kappa shape index (κ1) is 38.2. The van der Waals surface area contributed by atoms with E-state index >= 15 is 0 Å². The first-order valence-electron chi connectivity index (χ1n) is 17.5. The second kappa shape index (κ2) is 14.1. The number of hydroxylamine groups is 2. The van der Waals surface area contributed by atoms with Crippen molar-refractivity contribution in [2.24, 2.45) is 23.2 Å². The van der Waals surface area contributed by atoms with Crippen molar-refractivity contribution in [3.63, 3.8) is 0 Å². The van der Waals surface area contributed by atoms with Gasteiger partial charge in [-0.25, -0.2) is 5.06 Å². The van der Waals surface area contributed by atoms with Crippen LogP contribution in [0.2, 0.25) is 36.3 Å². The van der Waals surface area contributed by atoms with Crippen molar-refractivity contribution in [2.75, 3.05) is 14.2 Å². The number of fused-ring (bicyclic) bond motifs is 1. The van der Waals surface area contributed by atoms with Gasteiger partial charge in [0.25, 0.3) is 5.91 Å². The van der Waals surface area contributed by atoms with Crippen molar-refractivity contribution in [2.45, 2.75) is 149 Å². The summed E-state index contributed by atoms with van der Waals surface area (Å²) in [6.07, 6.45) is 16.6. The summed E-state index contributed by atoms with van der Waals surface area (Å²) in [6, 6.07) is 0. The van der Waals surface area contributed by atoms with Crippen LogP contribution < -0.4 is 0 Å². The Morgan fingerprint density at radius 1 is 1.02 bits per heavy atom. The standard InChI is InChI=1S/C38H67NO4Si2/c1-27(18-23-35(40)39(10)41-11)32-21-22-33-29(17-16-24-38(32,33)9)19-20-30-25-31(42-44(12,13)36(3,4)5)26-34(28(30)2)43-45(14,15)37(6,7)8/h18-20,23,27,31-34H,2,16-17,21-22,24-26H2,1,3-15H3/b23-18+,29-19+,30-20+/t27-,31?,32?,33?,34?,38-/m1/s1. The van der Waals surface area contributed by atoms with Crippen LogP contribution in [0.3, 0.4) is 0 Å². The number of carbonyl (C=O) groups is 1. The van der Waals surface area contributed by atoms with Gasteiger partial charge in [-0.05, 0) is 109 Å². The molecule has 3 saturated carbocycles. The Bertz CT molecular complexity index is 1170. The van der Waals surface area contributed by atoms with Crippen LogP contribution in [0.1, 0.15) is 100 Å². The molecule has 3 aliphatic rings. The zero-order chi connectivity index (χ0) is 34.2. The number of allylic oxidation sites excluding steroid dienone is 4. The minimum Gasteiger partial charge on any atom is -0.413 e. The summed E-state index contributed by atoms with van der Waals surface area (Å²) in [5.41, 5.74) is 4.29. The molecule has 6 atom stereocenters. The molecule has 3 rings (SSSR count). The number of hydrogen-bond donors (Lipinski definition) is 0. The summed E-state index contributed by atoms with van der Waals surface area (Å²) in [4.78, 5) is 17.4. The molecule has 0 aromatic heterocycles. The van der Waals surface area contributed by atoms with E-state index in [1.54, 1.807) is 18.7 Å². The molecule has 0 heterocycles. The fraction of sp³-hybridized carbons (Fsp3) is 0.763. The van der Waals surface area contributed by atoms with E-state index in [0.29, 0.717) is 17.8 Å². The van der Waals surface area contributed by atoms with Crippen molar-refractivity contribution in [1.82, 2.24) is 5.06 Å². The van der Waals surface area contributed by atoms with Gasteiger partial charge in [-0.1, -0.05) is 85.8 Å². The molecule has 0 aromatic carbocycles. The Morgan fingerprint density at radius 3 is 2.20 bits per heavy atom. The lowest BCUT2D eigenvalue weighted by atomic mass is 9.61. The number of likely N-dealkylation sites (N-methyl/N-ethyl adjacent to an activating group) is 1. The normalized spacial score (nSPS) is 31.1. The second-order valence-electron chi connectivity index (χ2n) is 17.6. The Hall–Kier alpha value is -1.26. The van der Waals surface area contributed by atoms with Crippen LogP contribution in [0.25, 0.3) is 0 Å². The van der Waals surface area contributed by atoms with Crippen LogP contribution in [0.4, 0.5) is 0 Å². The molecule has 3 fully saturated rings. The average Bonchev–Trinajstić information content (AvgIpc) is 3.27. The highest BCUT2D eigenvalue weighted by Gasteiger charge is 2.50. The lowest BCUT2D eigenvalue weighted by Gasteiger charge is -2.45. The molecule has 0 N–H and O–H groups in total. The highest BCUT2D eigenvalue weighted by Crippen LogP contribution is 2.59. The van der Waals surface area contributed by atoms with Gasteiger partial charge in [-0.3, -0.25) is 9.63 Å². The SMILES string of the molecule is C=C1/C(=C/C=C2\CCC[C@@]3(C)C2CCC3[C@H](C)/C=C/C(=O)N(C)OC)CC(O[Si](C)(C)C(C)(C)C)CC1O[Si](C)(C)C(C)(C)C. The van der Waals surface area contributed by atoms with Crippen molar-refractivity contribution < 1.29 is 18.5 Å². The molecule has 0 aromatic rings. The number of rotatable bonds is 9. The molecule has 256 valence electrons. The molecule has 45 heavy (non-hydrogen) atoms. The first-order valence-corrected chi connectivity index (χ1v) is 23.3. The number of amides is 1. The molecule has 0 saturated heterocycles. The van der Waals surface area contributed by atoms with Crippen LogP contribution in [0.5, 0.6) is 0 Å². The smallest absolute Gasteiger partial charge is 0.269 e. The molecule has 5 nitrogen and oxygen atoms in total. The van der Waals surface area contributed by atoms with Gasteiger partial charge in [0, 0.05) is 19.5 Å². The molecular weight excluding hydrogens is 591 g/mol. The predicted molar refractivity (Wildman–Crippen MR) is 195 cm³/mol. The third-order valence-corrected chi connectivity index (χ3v) is 21.6. The van der Waals surface area contributed by atoms with Gasteiger partial charge in [0.2, 0.25) is 0 Å². The quantitative estimate of drug-likeness (QED) is 0.141. The summed E-state index contributed by atoms with van der Waals surface area (Å²) < 4.78 is 14.1. The number of carbonyl (C=O) groups excluding carboxylic acids is 1. The Kier molecular flexibility index (Phi) is 11.9. The highest BCUT2D eigenvalue weighted by atomic mass is 28.4. The van der Waals surface area contributed by atoms with Gasteiger partial charge >= 0.3 is 0 Å². The fourth-order valence-electron chi connectivity index (χ4n) is 7.47. The molecule has 3 aliphatic carbocycles. The molecule has 7 heteroatoms. The first-order chi connectivity index (χ1) is 20.5. The maximum absolute atomic E-state index is 12.3. The Balaban J connectivity index is 1.89. The summed E-state index contributed by atoms with van der Waals surface area (Å²) in [5.74, 6) is 1.37. The average molecular weight is 658 g/mol. The van der Waals surface area contributed by atoms with E-state index in [1.807, 2.05) is 0 Å². The van der Waals surface area contributed by atoms with E-state index in [1.165, 1.54) is 49.9 Å². The van der Waals surface area contributed by atoms with E-state index in [9.17, 15) is 4.79 Å². The molecule has 0 radical (unpaired) electrons. The van der Waals surface area contributed by atoms with Crippen LogP contribution in [0, 0.1) is 23.2 Å². The second-order valence-corrected chi connectivity index (χ2v) is 27.1. The topological polar surface area (TPSA) is 48.0 Å². The summed E-state index contributed by atoms with van der Waals surface area (Å²) in [6.45, 7) is 32.8. The Labute approximate surface area is 279 Å². The summed E-state index contributed by atoms with van der Waals surface area (Å²) in [7, 11) is -0.765. The lowest BCUT2D eigenvalue weighted by molar-refractivity contribution is -0.162.